The highest BCUT2D eigenvalue weighted by molar-refractivity contribution is 7.89. The first-order valence-corrected chi connectivity index (χ1v) is 12.8. The zero-order valence-corrected chi connectivity index (χ0v) is 20.2. The number of rotatable bonds is 7. The van der Waals surface area contributed by atoms with E-state index in [1.165, 1.54) is 66.8 Å². The Kier molecular flexibility index (Phi) is 6.79. The third-order valence-electron chi connectivity index (χ3n) is 5.40. The van der Waals surface area contributed by atoms with E-state index in [1.807, 2.05) is 6.07 Å². The molecule has 11 heteroatoms. The van der Waals surface area contributed by atoms with Gasteiger partial charge in [-0.1, -0.05) is 6.07 Å². The SMILES string of the molecule is CC(=O)Nc1ccc(S(=O)(=O)N(Cc2cccs2)C2CC(=O)N(c3ccc(C#N)cc3)C2=O)cc1. The maximum atomic E-state index is 13.7. The summed E-state index contributed by atoms with van der Waals surface area (Å²) in [6, 6.07) is 15.8. The van der Waals surface area contributed by atoms with Crippen LogP contribution in [0.25, 0.3) is 0 Å². The van der Waals surface area contributed by atoms with Crippen LogP contribution in [0.2, 0.25) is 0 Å². The summed E-state index contributed by atoms with van der Waals surface area (Å²) >= 11 is 1.34. The molecule has 1 atom stereocenters. The van der Waals surface area contributed by atoms with Crippen LogP contribution in [0.4, 0.5) is 11.4 Å². The van der Waals surface area contributed by atoms with E-state index in [-0.39, 0.29) is 29.5 Å². The van der Waals surface area contributed by atoms with Crippen molar-refractivity contribution in [3.63, 3.8) is 0 Å². The quantitative estimate of drug-likeness (QED) is 0.489. The fraction of sp³-hybridized carbons (Fsp3) is 0.167. The van der Waals surface area contributed by atoms with Crippen molar-refractivity contribution in [2.24, 2.45) is 0 Å². The molecular weight excluding hydrogens is 488 g/mol. The van der Waals surface area contributed by atoms with Crippen LogP contribution in [0.15, 0.2) is 70.9 Å². The zero-order chi connectivity index (χ0) is 25.2. The number of carbonyl (C=O) groups is 3. The number of benzene rings is 2. The first-order valence-electron chi connectivity index (χ1n) is 10.5. The van der Waals surface area contributed by atoms with Gasteiger partial charge in [0.2, 0.25) is 21.8 Å². The molecule has 3 amide bonds. The number of carbonyl (C=O) groups excluding carboxylic acids is 3. The van der Waals surface area contributed by atoms with Gasteiger partial charge in [-0.3, -0.25) is 14.4 Å². The van der Waals surface area contributed by atoms with Gasteiger partial charge in [-0.25, -0.2) is 13.3 Å². The van der Waals surface area contributed by atoms with Crippen LogP contribution in [0.5, 0.6) is 0 Å². The largest absolute Gasteiger partial charge is 0.326 e. The lowest BCUT2D eigenvalue weighted by molar-refractivity contribution is -0.122. The predicted molar refractivity (Wildman–Crippen MR) is 130 cm³/mol. The van der Waals surface area contributed by atoms with Crippen LogP contribution in [0, 0.1) is 11.3 Å². The minimum atomic E-state index is -4.19. The van der Waals surface area contributed by atoms with E-state index in [4.69, 9.17) is 5.26 Å². The van der Waals surface area contributed by atoms with Gasteiger partial charge in [0.25, 0.3) is 5.91 Å². The number of amides is 3. The number of nitriles is 1. The van der Waals surface area contributed by atoms with Gasteiger partial charge in [0.1, 0.15) is 6.04 Å². The molecule has 178 valence electrons. The number of thiophene rings is 1. The summed E-state index contributed by atoms with van der Waals surface area (Å²) in [6.07, 6.45) is -0.312. The van der Waals surface area contributed by atoms with Crippen molar-refractivity contribution in [1.29, 1.82) is 5.26 Å². The van der Waals surface area contributed by atoms with E-state index in [1.54, 1.807) is 17.5 Å². The molecule has 0 saturated carbocycles. The first-order chi connectivity index (χ1) is 16.7. The third kappa shape index (κ3) is 5.00. The molecule has 2 aromatic carbocycles. The van der Waals surface area contributed by atoms with Crippen LogP contribution in [-0.4, -0.2) is 36.5 Å². The predicted octanol–water partition coefficient (Wildman–Crippen LogP) is 3.10. The number of sulfonamides is 1. The Hall–Kier alpha value is -3.85. The Labute approximate surface area is 206 Å². The van der Waals surface area contributed by atoms with Crippen molar-refractivity contribution < 1.29 is 22.8 Å². The maximum absolute atomic E-state index is 13.7. The van der Waals surface area contributed by atoms with Crippen LogP contribution >= 0.6 is 11.3 Å². The van der Waals surface area contributed by atoms with Gasteiger partial charge in [-0.05, 0) is 60.0 Å². The highest BCUT2D eigenvalue weighted by atomic mass is 32.2. The summed E-state index contributed by atoms with van der Waals surface area (Å²) in [5.74, 6) is -1.48. The summed E-state index contributed by atoms with van der Waals surface area (Å²) in [4.78, 5) is 39.1. The van der Waals surface area contributed by atoms with Crippen molar-refractivity contribution in [3.05, 3.63) is 76.5 Å². The fourth-order valence-electron chi connectivity index (χ4n) is 3.76. The monoisotopic (exact) mass is 508 g/mol. The summed E-state index contributed by atoms with van der Waals surface area (Å²) in [6.45, 7) is 1.26. The minimum Gasteiger partial charge on any atom is -0.326 e. The summed E-state index contributed by atoms with van der Waals surface area (Å²) in [5, 5.41) is 13.4. The highest BCUT2D eigenvalue weighted by Crippen LogP contribution is 2.31. The van der Waals surface area contributed by atoms with E-state index >= 15 is 0 Å². The first kappa shape index (κ1) is 24.3. The van der Waals surface area contributed by atoms with Crippen LogP contribution < -0.4 is 10.2 Å². The number of nitrogens with one attached hydrogen (secondary N) is 1. The molecule has 4 rings (SSSR count). The number of hydrogen-bond donors (Lipinski definition) is 1. The molecule has 1 aliphatic rings. The second-order valence-corrected chi connectivity index (χ2v) is 10.7. The standard InChI is InChI=1S/C24H20N4O5S2/c1-16(29)26-18-6-10-21(11-7-18)35(32,33)27(15-20-3-2-12-34-20)22-13-23(30)28(24(22)31)19-8-4-17(14-25)5-9-19/h2-12,22H,13,15H2,1H3,(H,26,29). The van der Waals surface area contributed by atoms with Crippen LogP contribution in [0.3, 0.4) is 0 Å². The zero-order valence-electron chi connectivity index (χ0n) is 18.5. The fourth-order valence-corrected chi connectivity index (χ4v) is 6.11. The highest BCUT2D eigenvalue weighted by Gasteiger charge is 2.47. The molecule has 1 fully saturated rings. The van der Waals surface area contributed by atoms with E-state index in [0.29, 0.717) is 16.1 Å². The smallest absolute Gasteiger partial charge is 0.252 e. The van der Waals surface area contributed by atoms with Crippen molar-refractivity contribution >= 4 is 50.5 Å². The second kappa shape index (κ2) is 9.79. The topological polar surface area (TPSA) is 128 Å². The van der Waals surface area contributed by atoms with Crippen molar-refractivity contribution in [2.75, 3.05) is 10.2 Å². The van der Waals surface area contributed by atoms with Crippen molar-refractivity contribution in [1.82, 2.24) is 4.31 Å². The van der Waals surface area contributed by atoms with E-state index in [0.717, 1.165) is 9.21 Å². The Morgan fingerprint density at radius 1 is 1.14 bits per heavy atom. The van der Waals surface area contributed by atoms with Gasteiger partial charge in [-0.2, -0.15) is 9.57 Å². The molecule has 3 aromatic rings. The van der Waals surface area contributed by atoms with Gasteiger partial charge >= 0.3 is 0 Å². The number of hydrogen-bond acceptors (Lipinski definition) is 7. The summed E-state index contributed by atoms with van der Waals surface area (Å²) in [7, 11) is -4.19. The molecule has 1 unspecified atom stereocenters. The molecule has 0 spiro atoms. The molecule has 2 heterocycles. The minimum absolute atomic E-state index is 0.0692. The number of anilines is 2. The van der Waals surface area contributed by atoms with Crippen LogP contribution in [-0.2, 0) is 31.0 Å². The van der Waals surface area contributed by atoms with Crippen molar-refractivity contribution in [3.8, 4) is 6.07 Å². The van der Waals surface area contributed by atoms with Gasteiger partial charge < -0.3 is 5.32 Å². The molecule has 35 heavy (non-hydrogen) atoms. The van der Waals surface area contributed by atoms with E-state index in [9.17, 15) is 22.8 Å². The molecular formula is C24H20N4O5S2. The van der Waals surface area contributed by atoms with E-state index in [2.05, 4.69) is 5.32 Å². The molecule has 0 aliphatic carbocycles. The summed E-state index contributed by atoms with van der Waals surface area (Å²) < 4.78 is 28.4. The average Bonchev–Trinajstić information content (AvgIpc) is 3.45. The van der Waals surface area contributed by atoms with E-state index < -0.39 is 27.9 Å². The number of imide groups is 1. The molecule has 1 aromatic heterocycles. The molecule has 1 N–H and O–H groups in total. The van der Waals surface area contributed by atoms with Gasteiger partial charge in [0, 0.05) is 24.0 Å². The van der Waals surface area contributed by atoms with Crippen LogP contribution in [0.1, 0.15) is 23.8 Å². The lowest BCUT2D eigenvalue weighted by Gasteiger charge is -2.26. The van der Waals surface area contributed by atoms with Crippen molar-refractivity contribution in [2.45, 2.75) is 30.8 Å². The van der Waals surface area contributed by atoms with Gasteiger partial charge in [0.05, 0.1) is 28.6 Å². The lowest BCUT2D eigenvalue weighted by atomic mass is 10.2. The number of nitrogens with zero attached hydrogens (tertiary/aromatic N) is 3. The molecule has 0 radical (unpaired) electrons. The lowest BCUT2D eigenvalue weighted by Crippen LogP contribution is -2.44. The molecule has 0 bridgehead atoms. The molecule has 9 nitrogen and oxygen atoms in total. The Morgan fingerprint density at radius 3 is 2.40 bits per heavy atom. The third-order valence-corrected chi connectivity index (χ3v) is 8.13. The Morgan fingerprint density at radius 2 is 1.83 bits per heavy atom. The van der Waals surface area contributed by atoms with Gasteiger partial charge in [-0.15, -0.1) is 11.3 Å². The summed E-state index contributed by atoms with van der Waals surface area (Å²) in [5.41, 5.74) is 1.07. The Bertz CT molecular complexity index is 1410. The molecule has 1 aliphatic heterocycles. The Balaban J connectivity index is 1.69. The maximum Gasteiger partial charge on any atom is 0.252 e. The molecule has 1 saturated heterocycles. The second-order valence-electron chi connectivity index (χ2n) is 7.78. The normalized spacial score (nSPS) is 15.9. The van der Waals surface area contributed by atoms with Gasteiger partial charge in [0.15, 0.2) is 0 Å². The average molecular weight is 509 g/mol.